The monoisotopic (exact) mass is 446 g/mol. The molecule has 0 aliphatic rings. The third-order valence-electron chi connectivity index (χ3n) is 4.93. The van der Waals surface area contributed by atoms with Gasteiger partial charge in [-0.1, -0.05) is 6.07 Å². The van der Waals surface area contributed by atoms with Crippen molar-refractivity contribution in [3.05, 3.63) is 66.6 Å². The number of hydrogen-bond donors (Lipinski definition) is 4. The van der Waals surface area contributed by atoms with Gasteiger partial charge in [0.05, 0.1) is 24.3 Å². The first kappa shape index (κ1) is 22.1. The van der Waals surface area contributed by atoms with Gasteiger partial charge in [-0.2, -0.15) is 9.97 Å². The molecule has 11 nitrogen and oxygen atoms in total. The summed E-state index contributed by atoms with van der Waals surface area (Å²) >= 11 is 0. The number of rotatable bonds is 8. The van der Waals surface area contributed by atoms with Gasteiger partial charge in [0.15, 0.2) is 17.0 Å². The molecule has 0 bridgehead atoms. The Morgan fingerprint density at radius 3 is 2.73 bits per heavy atom. The van der Waals surface area contributed by atoms with Crippen LogP contribution in [-0.4, -0.2) is 41.2 Å². The summed E-state index contributed by atoms with van der Waals surface area (Å²) in [4.78, 5) is 22.3. The van der Waals surface area contributed by atoms with Crippen LogP contribution in [0.15, 0.2) is 61.1 Å². The number of aliphatic hydroxyl groups excluding tert-OH is 1. The molecule has 0 spiro atoms. The van der Waals surface area contributed by atoms with Gasteiger partial charge in [-0.3, -0.25) is 15.0 Å². The van der Waals surface area contributed by atoms with Crippen molar-refractivity contribution < 1.29 is 5.11 Å². The van der Waals surface area contributed by atoms with Crippen LogP contribution in [0.1, 0.15) is 25.5 Å². The molecule has 0 aliphatic heterocycles. The van der Waals surface area contributed by atoms with Gasteiger partial charge < -0.3 is 20.7 Å². The minimum atomic E-state index is -0.326. The maximum absolute atomic E-state index is 9.19. The van der Waals surface area contributed by atoms with Crippen molar-refractivity contribution in [1.29, 1.82) is 0 Å². The molecule has 4 aromatic rings. The Kier molecular flexibility index (Phi) is 6.43. The van der Waals surface area contributed by atoms with E-state index in [2.05, 4.69) is 30.2 Å². The zero-order valence-corrected chi connectivity index (χ0v) is 18.4. The van der Waals surface area contributed by atoms with Gasteiger partial charge in [-0.15, -0.1) is 0 Å². The minimum Gasteiger partial charge on any atom is -0.399 e. The molecule has 0 saturated carbocycles. The van der Waals surface area contributed by atoms with E-state index in [0.717, 1.165) is 16.8 Å². The van der Waals surface area contributed by atoms with Crippen LogP contribution in [-0.2, 0) is 6.54 Å². The lowest BCUT2D eigenvalue weighted by Gasteiger charge is -2.16. The molecule has 0 aliphatic carbocycles. The van der Waals surface area contributed by atoms with Crippen molar-refractivity contribution >= 4 is 22.9 Å². The zero-order chi connectivity index (χ0) is 23.4. The predicted octanol–water partition coefficient (Wildman–Crippen LogP) is 1.95. The van der Waals surface area contributed by atoms with E-state index < -0.39 is 0 Å². The third-order valence-corrected chi connectivity index (χ3v) is 4.93. The molecule has 0 aromatic carbocycles. The normalized spacial score (nSPS) is 11.8. The fraction of sp³-hybridized carbons (Fsp3) is 0.227. The standard InChI is InChI=1S/C22H26N10O/c1-14(2)31-13-28-19-20(29-22(30-21(19)31)32(24)11-17(23)12-33)27-9-15-5-6-18(26-8-15)16-4-3-7-25-10-16/h3-8,10-11,13-14,33H,9,12,23-24H2,1-2H3,(H,27,29,30)/b17-11-. The molecule has 0 fully saturated rings. The lowest BCUT2D eigenvalue weighted by atomic mass is 10.1. The van der Waals surface area contributed by atoms with E-state index >= 15 is 0 Å². The van der Waals surface area contributed by atoms with E-state index in [4.69, 9.17) is 11.6 Å². The summed E-state index contributed by atoms with van der Waals surface area (Å²) in [7, 11) is 0. The number of nitrogens with two attached hydrogens (primary N) is 2. The van der Waals surface area contributed by atoms with Crippen LogP contribution < -0.4 is 21.9 Å². The third kappa shape index (κ3) is 4.89. The number of nitrogens with zero attached hydrogens (tertiary/aromatic N) is 7. The van der Waals surface area contributed by atoms with Gasteiger partial charge in [-0.25, -0.2) is 10.8 Å². The van der Waals surface area contributed by atoms with E-state index in [1.165, 1.54) is 11.2 Å². The first-order chi connectivity index (χ1) is 16.0. The topological polar surface area (TPSA) is 157 Å². The molecule has 4 rings (SSSR count). The summed E-state index contributed by atoms with van der Waals surface area (Å²) in [5.41, 5.74) is 9.91. The smallest absolute Gasteiger partial charge is 0.248 e. The van der Waals surface area contributed by atoms with Crippen molar-refractivity contribution in [2.24, 2.45) is 11.6 Å². The van der Waals surface area contributed by atoms with Gasteiger partial charge in [-0.05, 0) is 37.6 Å². The SMILES string of the molecule is CC(C)n1cnc2c(NCc3ccc(-c4cccnc4)nc3)nc(N(N)/C=C(\N)CO)nc21. The lowest BCUT2D eigenvalue weighted by molar-refractivity contribution is 0.329. The summed E-state index contributed by atoms with van der Waals surface area (Å²) in [5.74, 6) is 6.82. The van der Waals surface area contributed by atoms with E-state index in [0.29, 0.717) is 23.5 Å². The predicted molar refractivity (Wildman–Crippen MR) is 127 cm³/mol. The fourth-order valence-corrected chi connectivity index (χ4v) is 3.20. The molecular formula is C22H26N10O. The molecule has 0 saturated heterocycles. The number of aromatic nitrogens is 6. The maximum atomic E-state index is 9.19. The number of imidazole rings is 1. The first-order valence-electron chi connectivity index (χ1n) is 10.4. The van der Waals surface area contributed by atoms with Crippen LogP contribution >= 0.6 is 0 Å². The van der Waals surface area contributed by atoms with Crippen LogP contribution in [0, 0.1) is 0 Å². The lowest BCUT2D eigenvalue weighted by Crippen LogP contribution is -2.29. The Morgan fingerprint density at radius 1 is 1.21 bits per heavy atom. The van der Waals surface area contributed by atoms with Crippen molar-refractivity contribution in [3.63, 3.8) is 0 Å². The number of nitrogens with one attached hydrogen (secondary N) is 1. The number of pyridine rings is 2. The fourth-order valence-electron chi connectivity index (χ4n) is 3.20. The summed E-state index contributed by atoms with van der Waals surface area (Å²) in [5, 5.41) is 13.7. The van der Waals surface area contributed by atoms with Gasteiger partial charge in [0, 0.05) is 42.9 Å². The molecule has 33 heavy (non-hydrogen) atoms. The molecule has 0 radical (unpaired) electrons. The summed E-state index contributed by atoms with van der Waals surface area (Å²) < 4.78 is 1.93. The average molecular weight is 447 g/mol. The zero-order valence-electron chi connectivity index (χ0n) is 18.4. The van der Waals surface area contributed by atoms with Gasteiger partial charge in [0.1, 0.15) is 0 Å². The number of hydrazine groups is 1. The molecule has 6 N–H and O–H groups in total. The number of fused-ring (bicyclic) bond motifs is 1. The molecule has 4 aromatic heterocycles. The highest BCUT2D eigenvalue weighted by Gasteiger charge is 2.17. The Labute approximate surface area is 190 Å². The number of aliphatic hydroxyl groups is 1. The van der Waals surface area contributed by atoms with E-state index in [1.807, 2.05) is 42.7 Å². The van der Waals surface area contributed by atoms with E-state index in [1.54, 1.807) is 24.9 Å². The second kappa shape index (κ2) is 9.59. The van der Waals surface area contributed by atoms with Crippen LogP contribution in [0.3, 0.4) is 0 Å². The van der Waals surface area contributed by atoms with Crippen molar-refractivity contribution in [2.75, 3.05) is 16.9 Å². The Hall–Kier alpha value is -4.09. The van der Waals surface area contributed by atoms with Crippen LogP contribution in [0.5, 0.6) is 0 Å². The Balaban J connectivity index is 1.62. The summed E-state index contributed by atoms with van der Waals surface area (Å²) in [6, 6.07) is 7.93. The minimum absolute atomic E-state index is 0.138. The highest BCUT2D eigenvalue weighted by Crippen LogP contribution is 2.25. The van der Waals surface area contributed by atoms with Crippen molar-refractivity contribution in [1.82, 2.24) is 29.5 Å². The second-order valence-corrected chi connectivity index (χ2v) is 7.71. The van der Waals surface area contributed by atoms with Gasteiger partial charge in [0.2, 0.25) is 5.95 Å². The molecule has 0 amide bonds. The Morgan fingerprint density at radius 2 is 2.06 bits per heavy atom. The van der Waals surface area contributed by atoms with Crippen LogP contribution in [0.25, 0.3) is 22.4 Å². The van der Waals surface area contributed by atoms with Crippen LogP contribution in [0.4, 0.5) is 11.8 Å². The summed E-state index contributed by atoms with van der Waals surface area (Å²) in [6.45, 7) is 4.22. The van der Waals surface area contributed by atoms with Crippen molar-refractivity contribution in [2.45, 2.75) is 26.4 Å². The molecular weight excluding hydrogens is 420 g/mol. The van der Waals surface area contributed by atoms with Crippen molar-refractivity contribution in [3.8, 4) is 11.3 Å². The molecule has 11 heteroatoms. The highest BCUT2D eigenvalue weighted by atomic mass is 16.3. The highest BCUT2D eigenvalue weighted by molar-refractivity contribution is 5.84. The Bertz CT molecular complexity index is 1250. The van der Waals surface area contributed by atoms with E-state index in [-0.39, 0.29) is 24.3 Å². The van der Waals surface area contributed by atoms with Gasteiger partial charge in [0.25, 0.3) is 0 Å². The summed E-state index contributed by atoms with van der Waals surface area (Å²) in [6.07, 6.45) is 8.42. The van der Waals surface area contributed by atoms with E-state index in [9.17, 15) is 5.11 Å². The van der Waals surface area contributed by atoms with Crippen LogP contribution in [0.2, 0.25) is 0 Å². The molecule has 0 unspecified atom stereocenters. The van der Waals surface area contributed by atoms with Gasteiger partial charge >= 0.3 is 0 Å². The number of anilines is 2. The quantitative estimate of drug-likeness (QED) is 0.233. The largest absolute Gasteiger partial charge is 0.399 e. The molecule has 170 valence electrons. The maximum Gasteiger partial charge on any atom is 0.248 e. The molecule has 0 atom stereocenters. The average Bonchev–Trinajstić information content (AvgIpc) is 3.28. The first-order valence-corrected chi connectivity index (χ1v) is 10.4. The second-order valence-electron chi connectivity index (χ2n) is 7.71. The molecule has 4 heterocycles. The number of hydrogen-bond acceptors (Lipinski definition) is 10.